The molecule has 0 saturated carbocycles. The Hall–Kier alpha value is -2.60. The van der Waals surface area contributed by atoms with Gasteiger partial charge in [-0.1, -0.05) is 30.3 Å². The van der Waals surface area contributed by atoms with Gasteiger partial charge in [0.2, 0.25) is 0 Å². The van der Waals surface area contributed by atoms with Crippen LogP contribution in [-0.4, -0.2) is 30.8 Å². The van der Waals surface area contributed by atoms with E-state index in [1.807, 2.05) is 54.2 Å². The van der Waals surface area contributed by atoms with Crippen molar-refractivity contribution in [3.63, 3.8) is 0 Å². The maximum absolute atomic E-state index is 4.67. The molecule has 1 N–H and O–H groups in total. The van der Waals surface area contributed by atoms with E-state index in [1.54, 1.807) is 0 Å². The van der Waals surface area contributed by atoms with Crippen molar-refractivity contribution in [2.75, 3.05) is 0 Å². The summed E-state index contributed by atoms with van der Waals surface area (Å²) in [4.78, 5) is 13.5. The summed E-state index contributed by atoms with van der Waals surface area (Å²) in [6.07, 6.45) is 3.87. The first-order valence-electron chi connectivity index (χ1n) is 8.29. The predicted molar refractivity (Wildman–Crippen MR) is 91.2 cm³/mol. The Morgan fingerprint density at radius 3 is 2.92 bits per heavy atom. The molecule has 0 aliphatic carbocycles. The minimum Gasteiger partial charge on any atom is -0.307 e. The molecule has 0 bridgehead atoms. The molecule has 1 aromatic carbocycles. The summed E-state index contributed by atoms with van der Waals surface area (Å²) < 4.78 is 2.02. The molecule has 3 heterocycles. The Morgan fingerprint density at radius 2 is 2.04 bits per heavy atom. The van der Waals surface area contributed by atoms with Gasteiger partial charge >= 0.3 is 0 Å². The molecule has 0 fully saturated rings. The van der Waals surface area contributed by atoms with Gasteiger partial charge in [0.05, 0.1) is 12.2 Å². The molecule has 0 radical (unpaired) electrons. The van der Waals surface area contributed by atoms with Crippen LogP contribution in [0.5, 0.6) is 0 Å². The van der Waals surface area contributed by atoms with Gasteiger partial charge in [0, 0.05) is 30.8 Å². The van der Waals surface area contributed by atoms with Gasteiger partial charge in [-0.3, -0.25) is 0 Å². The van der Waals surface area contributed by atoms with Crippen molar-refractivity contribution < 1.29 is 0 Å². The Balaban J connectivity index is 1.42. The first kappa shape index (κ1) is 15.0. The van der Waals surface area contributed by atoms with E-state index in [0.717, 1.165) is 54.7 Å². The topological polar surface area (TPSA) is 68.5 Å². The maximum atomic E-state index is 4.67. The average Bonchev–Trinajstić information content (AvgIpc) is 3.00. The quantitative estimate of drug-likeness (QED) is 0.798. The van der Waals surface area contributed by atoms with Crippen LogP contribution in [0.25, 0.3) is 11.4 Å². The van der Waals surface area contributed by atoms with E-state index in [4.69, 9.17) is 0 Å². The van der Waals surface area contributed by atoms with Gasteiger partial charge in [0.25, 0.3) is 0 Å². The summed E-state index contributed by atoms with van der Waals surface area (Å²) in [7, 11) is 0. The van der Waals surface area contributed by atoms with Gasteiger partial charge in [0.1, 0.15) is 11.6 Å². The summed E-state index contributed by atoms with van der Waals surface area (Å²) in [6, 6.07) is 12.4. The minimum atomic E-state index is 0.397. The van der Waals surface area contributed by atoms with Crippen molar-refractivity contribution in [3.05, 3.63) is 59.9 Å². The van der Waals surface area contributed by atoms with Crippen molar-refractivity contribution in [2.45, 2.75) is 38.9 Å². The number of rotatable bonds is 4. The Kier molecular flexibility index (Phi) is 4.04. The van der Waals surface area contributed by atoms with Gasteiger partial charge < -0.3 is 5.32 Å². The summed E-state index contributed by atoms with van der Waals surface area (Å²) in [6.45, 7) is 3.54. The van der Waals surface area contributed by atoms with Crippen LogP contribution in [0.4, 0.5) is 0 Å². The zero-order valence-electron chi connectivity index (χ0n) is 13.7. The van der Waals surface area contributed by atoms with Crippen molar-refractivity contribution >= 4 is 0 Å². The number of nitrogens with zero attached hydrogens (tertiary/aromatic N) is 5. The van der Waals surface area contributed by atoms with Gasteiger partial charge in [-0.15, -0.1) is 0 Å². The van der Waals surface area contributed by atoms with Crippen LogP contribution in [0.15, 0.2) is 42.6 Å². The van der Waals surface area contributed by atoms with E-state index >= 15 is 0 Å². The number of aryl methyl sites for hydroxylation is 2. The second kappa shape index (κ2) is 6.49. The van der Waals surface area contributed by atoms with Gasteiger partial charge in [-0.05, 0) is 19.4 Å². The minimum absolute atomic E-state index is 0.397. The van der Waals surface area contributed by atoms with Crippen LogP contribution >= 0.6 is 0 Å². The van der Waals surface area contributed by atoms with Gasteiger partial charge in [0.15, 0.2) is 5.82 Å². The van der Waals surface area contributed by atoms with Crippen molar-refractivity contribution in [1.82, 2.24) is 30.0 Å². The van der Waals surface area contributed by atoms with Crippen LogP contribution in [0.2, 0.25) is 0 Å². The number of hydrogen-bond donors (Lipinski definition) is 1. The third kappa shape index (κ3) is 3.19. The van der Waals surface area contributed by atoms with Gasteiger partial charge in [-0.25, -0.2) is 19.6 Å². The highest BCUT2D eigenvalue weighted by atomic mass is 15.4. The summed E-state index contributed by atoms with van der Waals surface area (Å²) in [5.74, 6) is 2.72. The van der Waals surface area contributed by atoms with Gasteiger partial charge in [-0.2, -0.15) is 5.10 Å². The maximum Gasteiger partial charge on any atom is 0.159 e. The van der Waals surface area contributed by atoms with E-state index in [-0.39, 0.29) is 0 Å². The number of aromatic nitrogens is 5. The smallest absolute Gasteiger partial charge is 0.159 e. The summed E-state index contributed by atoms with van der Waals surface area (Å²) in [5, 5.41) is 8.04. The van der Waals surface area contributed by atoms with Crippen LogP contribution in [-0.2, 0) is 19.5 Å². The monoisotopic (exact) mass is 320 g/mol. The molecule has 6 heteroatoms. The Morgan fingerprint density at radius 1 is 1.17 bits per heavy atom. The first-order valence-corrected chi connectivity index (χ1v) is 8.29. The van der Waals surface area contributed by atoms with E-state index in [9.17, 15) is 0 Å². The molecule has 0 unspecified atom stereocenters. The molecular formula is C18H20N6. The molecule has 3 aromatic rings. The molecule has 24 heavy (non-hydrogen) atoms. The van der Waals surface area contributed by atoms with Crippen molar-refractivity contribution in [1.29, 1.82) is 0 Å². The molecule has 4 rings (SSSR count). The van der Waals surface area contributed by atoms with E-state index < -0.39 is 0 Å². The molecule has 0 saturated heterocycles. The van der Waals surface area contributed by atoms with Crippen molar-refractivity contribution in [2.24, 2.45) is 0 Å². The highest BCUT2D eigenvalue weighted by molar-refractivity contribution is 5.54. The SMILES string of the molecule is Cc1nc2n(n1)C[C@@H](NCc1ccnc(-c3ccccc3)n1)CC2. The lowest BCUT2D eigenvalue weighted by Gasteiger charge is -2.23. The molecular weight excluding hydrogens is 300 g/mol. The second-order valence-electron chi connectivity index (χ2n) is 6.11. The molecule has 122 valence electrons. The standard InChI is InChI=1S/C18H20N6/c1-13-21-17-8-7-16(12-24(17)23-13)20-11-15-9-10-19-18(22-15)14-5-3-2-4-6-14/h2-6,9-10,16,20H,7-8,11-12H2,1H3/t16-/m0/s1. The number of benzene rings is 1. The van der Waals surface area contributed by atoms with Crippen LogP contribution < -0.4 is 5.32 Å². The van der Waals surface area contributed by atoms with Crippen LogP contribution in [0.1, 0.15) is 23.8 Å². The van der Waals surface area contributed by atoms with E-state index in [0.29, 0.717) is 6.04 Å². The van der Waals surface area contributed by atoms with Crippen molar-refractivity contribution in [3.8, 4) is 11.4 Å². The Bertz CT molecular complexity index is 827. The molecule has 0 amide bonds. The largest absolute Gasteiger partial charge is 0.307 e. The predicted octanol–water partition coefficient (Wildman–Crippen LogP) is 2.15. The molecule has 1 aliphatic rings. The fourth-order valence-electron chi connectivity index (χ4n) is 3.07. The first-order chi connectivity index (χ1) is 11.8. The second-order valence-corrected chi connectivity index (χ2v) is 6.11. The fourth-order valence-corrected chi connectivity index (χ4v) is 3.07. The normalized spacial score (nSPS) is 16.8. The summed E-state index contributed by atoms with van der Waals surface area (Å²) >= 11 is 0. The lowest BCUT2D eigenvalue weighted by atomic mass is 10.1. The van der Waals surface area contributed by atoms with Crippen LogP contribution in [0, 0.1) is 6.92 Å². The molecule has 1 atom stereocenters. The molecule has 0 spiro atoms. The fraction of sp³-hybridized carbons (Fsp3) is 0.333. The van der Waals surface area contributed by atoms with Crippen LogP contribution in [0.3, 0.4) is 0 Å². The van der Waals surface area contributed by atoms with E-state index in [2.05, 4.69) is 25.4 Å². The molecule has 2 aromatic heterocycles. The third-order valence-electron chi connectivity index (χ3n) is 4.28. The highest BCUT2D eigenvalue weighted by Gasteiger charge is 2.20. The number of nitrogens with one attached hydrogen (secondary N) is 1. The number of fused-ring (bicyclic) bond motifs is 1. The zero-order valence-corrected chi connectivity index (χ0v) is 13.7. The zero-order chi connectivity index (χ0) is 16.4. The lowest BCUT2D eigenvalue weighted by Crippen LogP contribution is -2.37. The third-order valence-corrected chi connectivity index (χ3v) is 4.28. The Labute approximate surface area is 141 Å². The molecule has 6 nitrogen and oxygen atoms in total. The average molecular weight is 320 g/mol. The lowest BCUT2D eigenvalue weighted by molar-refractivity contribution is 0.356. The molecule has 1 aliphatic heterocycles. The van der Waals surface area contributed by atoms with E-state index in [1.165, 1.54) is 0 Å². The highest BCUT2D eigenvalue weighted by Crippen LogP contribution is 2.15. The summed E-state index contributed by atoms with van der Waals surface area (Å²) in [5.41, 5.74) is 2.05. The number of hydrogen-bond acceptors (Lipinski definition) is 5.